The lowest BCUT2D eigenvalue weighted by atomic mass is 10.2. The standard InChI is InChI=1S/C14H14ClN7O2/c15-11-3-1-10(2-4-11)14-18-13(24-19-14)5-7-16-12(23)6-8-22-9-17-20-21-22/h1-4,9H,5-8H2,(H,16,23). The molecule has 10 heteroatoms. The van der Waals surface area contributed by atoms with Crippen molar-refractivity contribution in [2.75, 3.05) is 6.54 Å². The van der Waals surface area contributed by atoms with Crippen molar-refractivity contribution < 1.29 is 9.32 Å². The number of aryl methyl sites for hydroxylation is 1. The molecule has 2 heterocycles. The van der Waals surface area contributed by atoms with E-state index >= 15 is 0 Å². The number of amides is 1. The molecule has 0 aliphatic heterocycles. The lowest BCUT2D eigenvalue weighted by molar-refractivity contribution is -0.121. The van der Waals surface area contributed by atoms with Gasteiger partial charge < -0.3 is 9.84 Å². The number of hydrogen-bond acceptors (Lipinski definition) is 7. The maximum atomic E-state index is 11.7. The van der Waals surface area contributed by atoms with Crippen LogP contribution in [0.3, 0.4) is 0 Å². The molecule has 1 amide bonds. The quantitative estimate of drug-likeness (QED) is 0.681. The highest BCUT2D eigenvalue weighted by Crippen LogP contribution is 2.18. The summed E-state index contributed by atoms with van der Waals surface area (Å²) in [4.78, 5) is 16.0. The molecule has 3 aromatic rings. The molecule has 1 aromatic carbocycles. The topological polar surface area (TPSA) is 112 Å². The van der Waals surface area contributed by atoms with Crippen LogP contribution in [0.2, 0.25) is 5.02 Å². The normalized spacial score (nSPS) is 10.7. The molecule has 0 spiro atoms. The van der Waals surface area contributed by atoms with Crippen molar-refractivity contribution in [1.82, 2.24) is 35.7 Å². The SMILES string of the molecule is O=C(CCn1cnnn1)NCCc1nc(-c2ccc(Cl)cc2)no1. The third kappa shape index (κ3) is 4.35. The number of carbonyl (C=O) groups excluding carboxylic acids is 1. The van der Waals surface area contributed by atoms with Gasteiger partial charge in [-0.3, -0.25) is 4.79 Å². The molecule has 1 N–H and O–H groups in total. The zero-order valence-electron chi connectivity index (χ0n) is 12.6. The maximum Gasteiger partial charge on any atom is 0.228 e. The minimum atomic E-state index is -0.0945. The van der Waals surface area contributed by atoms with E-state index in [9.17, 15) is 4.79 Å². The van der Waals surface area contributed by atoms with E-state index in [4.69, 9.17) is 16.1 Å². The van der Waals surface area contributed by atoms with E-state index in [1.165, 1.54) is 11.0 Å². The Morgan fingerprint density at radius 2 is 2.12 bits per heavy atom. The lowest BCUT2D eigenvalue weighted by Crippen LogP contribution is -2.26. The summed E-state index contributed by atoms with van der Waals surface area (Å²) in [7, 11) is 0. The minimum absolute atomic E-state index is 0.0945. The summed E-state index contributed by atoms with van der Waals surface area (Å²) in [5.74, 6) is 0.857. The third-order valence-corrected chi connectivity index (χ3v) is 3.44. The number of tetrazole rings is 1. The Hall–Kier alpha value is -2.81. The molecule has 0 atom stereocenters. The first-order valence-electron chi connectivity index (χ1n) is 7.27. The van der Waals surface area contributed by atoms with Gasteiger partial charge in [0.2, 0.25) is 17.6 Å². The molecule has 0 aliphatic rings. The van der Waals surface area contributed by atoms with Crippen LogP contribution >= 0.6 is 11.6 Å². The van der Waals surface area contributed by atoms with E-state index < -0.39 is 0 Å². The molecule has 2 aromatic heterocycles. The summed E-state index contributed by atoms with van der Waals surface area (Å²) < 4.78 is 6.67. The number of aromatic nitrogens is 6. The van der Waals surface area contributed by atoms with E-state index in [1.54, 1.807) is 12.1 Å². The fourth-order valence-electron chi connectivity index (χ4n) is 1.97. The largest absolute Gasteiger partial charge is 0.356 e. The van der Waals surface area contributed by atoms with Crippen molar-refractivity contribution in [2.24, 2.45) is 0 Å². The van der Waals surface area contributed by atoms with Gasteiger partial charge in [0, 0.05) is 30.0 Å². The van der Waals surface area contributed by atoms with Gasteiger partial charge >= 0.3 is 0 Å². The summed E-state index contributed by atoms with van der Waals surface area (Å²) in [6, 6.07) is 7.16. The van der Waals surface area contributed by atoms with Crippen LogP contribution in [-0.4, -0.2) is 42.8 Å². The Bertz CT molecular complexity index is 786. The monoisotopic (exact) mass is 347 g/mol. The van der Waals surface area contributed by atoms with Gasteiger partial charge in [-0.05, 0) is 34.7 Å². The van der Waals surface area contributed by atoms with Gasteiger partial charge in [0.05, 0.1) is 6.54 Å². The molecule has 0 bridgehead atoms. The second kappa shape index (κ2) is 7.64. The highest BCUT2D eigenvalue weighted by atomic mass is 35.5. The van der Waals surface area contributed by atoms with Crippen molar-refractivity contribution in [3.63, 3.8) is 0 Å². The second-order valence-corrected chi connectivity index (χ2v) is 5.38. The molecule has 124 valence electrons. The zero-order valence-corrected chi connectivity index (χ0v) is 13.3. The van der Waals surface area contributed by atoms with Crippen LogP contribution in [0, 0.1) is 0 Å². The minimum Gasteiger partial charge on any atom is -0.356 e. The fraction of sp³-hybridized carbons (Fsp3) is 0.286. The van der Waals surface area contributed by atoms with Crippen LogP contribution in [-0.2, 0) is 17.8 Å². The molecule has 0 unspecified atom stereocenters. The predicted octanol–water partition coefficient (Wildman–Crippen LogP) is 1.13. The van der Waals surface area contributed by atoms with Gasteiger partial charge in [-0.15, -0.1) is 5.10 Å². The van der Waals surface area contributed by atoms with E-state index in [2.05, 4.69) is 31.0 Å². The highest BCUT2D eigenvalue weighted by Gasteiger charge is 2.09. The third-order valence-electron chi connectivity index (χ3n) is 3.19. The predicted molar refractivity (Wildman–Crippen MR) is 83.9 cm³/mol. The Balaban J connectivity index is 1.43. The van der Waals surface area contributed by atoms with Crippen molar-refractivity contribution in [3.05, 3.63) is 41.5 Å². The highest BCUT2D eigenvalue weighted by molar-refractivity contribution is 6.30. The number of carbonyl (C=O) groups is 1. The van der Waals surface area contributed by atoms with Gasteiger partial charge in [-0.1, -0.05) is 16.8 Å². The fourth-order valence-corrected chi connectivity index (χ4v) is 2.09. The molecule has 0 radical (unpaired) electrons. The Labute approximate surface area is 142 Å². The van der Waals surface area contributed by atoms with Gasteiger partial charge in [0.25, 0.3) is 0 Å². The van der Waals surface area contributed by atoms with Crippen LogP contribution in [0.4, 0.5) is 0 Å². The molecule has 0 aliphatic carbocycles. The molecule has 0 saturated carbocycles. The number of hydrogen-bond donors (Lipinski definition) is 1. The second-order valence-electron chi connectivity index (χ2n) is 4.94. The van der Waals surface area contributed by atoms with Gasteiger partial charge in [0.1, 0.15) is 6.33 Å². The van der Waals surface area contributed by atoms with Crippen LogP contribution < -0.4 is 5.32 Å². The average Bonchev–Trinajstić information content (AvgIpc) is 3.25. The Kier molecular flexibility index (Phi) is 5.12. The first-order chi connectivity index (χ1) is 11.7. The van der Waals surface area contributed by atoms with Crippen molar-refractivity contribution in [3.8, 4) is 11.4 Å². The summed E-state index contributed by atoms with van der Waals surface area (Å²) in [5, 5.41) is 18.0. The van der Waals surface area contributed by atoms with Crippen LogP contribution in [0.25, 0.3) is 11.4 Å². The van der Waals surface area contributed by atoms with Gasteiger partial charge in [-0.25, -0.2) is 4.68 Å². The zero-order chi connectivity index (χ0) is 16.8. The molecule has 9 nitrogen and oxygen atoms in total. The van der Waals surface area contributed by atoms with Crippen LogP contribution in [0.1, 0.15) is 12.3 Å². The molecule has 3 rings (SSSR count). The molecule has 24 heavy (non-hydrogen) atoms. The number of nitrogens with one attached hydrogen (secondary N) is 1. The van der Waals surface area contributed by atoms with E-state index in [-0.39, 0.29) is 5.91 Å². The van der Waals surface area contributed by atoms with Crippen LogP contribution in [0.5, 0.6) is 0 Å². The first-order valence-corrected chi connectivity index (χ1v) is 7.64. The maximum absolute atomic E-state index is 11.7. The van der Waals surface area contributed by atoms with Crippen molar-refractivity contribution in [1.29, 1.82) is 0 Å². The number of rotatable bonds is 7. The summed E-state index contributed by atoms with van der Waals surface area (Å²) >= 11 is 5.84. The van der Waals surface area contributed by atoms with Crippen LogP contribution in [0.15, 0.2) is 35.1 Å². The molecular formula is C14H14ClN7O2. The average molecular weight is 348 g/mol. The Morgan fingerprint density at radius 1 is 1.29 bits per heavy atom. The Morgan fingerprint density at radius 3 is 2.88 bits per heavy atom. The van der Waals surface area contributed by atoms with Gasteiger partial charge in [-0.2, -0.15) is 4.98 Å². The van der Waals surface area contributed by atoms with E-state index in [0.29, 0.717) is 42.7 Å². The van der Waals surface area contributed by atoms with Gasteiger partial charge in [0.15, 0.2) is 0 Å². The molecular weight excluding hydrogens is 334 g/mol. The number of benzene rings is 1. The van der Waals surface area contributed by atoms with Crippen molar-refractivity contribution >= 4 is 17.5 Å². The summed E-state index contributed by atoms with van der Waals surface area (Å²) in [5.41, 5.74) is 0.819. The molecule has 0 saturated heterocycles. The number of nitrogens with zero attached hydrogens (tertiary/aromatic N) is 6. The first kappa shape index (κ1) is 16.1. The molecule has 0 fully saturated rings. The van der Waals surface area contributed by atoms with E-state index in [1.807, 2.05) is 12.1 Å². The smallest absolute Gasteiger partial charge is 0.228 e. The summed E-state index contributed by atoms with van der Waals surface area (Å²) in [6.45, 7) is 0.844. The van der Waals surface area contributed by atoms with E-state index in [0.717, 1.165) is 5.56 Å². The van der Waals surface area contributed by atoms with Crippen molar-refractivity contribution in [2.45, 2.75) is 19.4 Å². The summed E-state index contributed by atoms with van der Waals surface area (Å²) in [6.07, 6.45) is 2.21. The lowest BCUT2D eigenvalue weighted by Gasteiger charge is -2.02. The number of halogens is 1.